The predicted octanol–water partition coefficient (Wildman–Crippen LogP) is 0.115. The Hall–Kier alpha value is -0.120. The molecule has 3 heteroatoms. The largest absolute Gasteiger partial charge is 0.377 e. The highest BCUT2D eigenvalue weighted by Crippen LogP contribution is 2.14. The lowest BCUT2D eigenvalue weighted by molar-refractivity contribution is 0.111. The van der Waals surface area contributed by atoms with Crippen molar-refractivity contribution in [3.05, 3.63) is 0 Å². The fraction of sp³-hybridized carbons (Fsp3) is 1.00. The summed E-state index contributed by atoms with van der Waals surface area (Å²) in [4.78, 5) is 0. The topological polar surface area (TPSA) is 33.3 Å². The van der Waals surface area contributed by atoms with Crippen molar-refractivity contribution in [2.75, 3.05) is 19.7 Å². The summed E-state index contributed by atoms with van der Waals surface area (Å²) in [5.74, 6) is 0. The average Bonchev–Trinajstić information content (AvgIpc) is 2.65. The quantitative estimate of drug-likeness (QED) is 0.617. The molecule has 0 aromatic carbocycles. The zero-order valence-electron chi connectivity index (χ0n) is 7.68. The molecular weight excluding hydrogens is 152 g/mol. The van der Waals surface area contributed by atoms with Gasteiger partial charge in [0.05, 0.1) is 6.10 Å². The van der Waals surface area contributed by atoms with Crippen molar-refractivity contribution in [3.63, 3.8) is 0 Å². The molecule has 2 aliphatic rings. The summed E-state index contributed by atoms with van der Waals surface area (Å²) < 4.78 is 5.49. The Labute approximate surface area is 73.9 Å². The third-order valence-electron chi connectivity index (χ3n) is 2.89. The molecule has 2 rings (SSSR count). The zero-order chi connectivity index (χ0) is 8.39. The number of ether oxygens (including phenoxy) is 1. The molecule has 0 bridgehead atoms. The predicted molar refractivity (Wildman–Crippen MR) is 48.2 cm³/mol. The molecule has 0 aromatic rings. The van der Waals surface area contributed by atoms with Crippen molar-refractivity contribution in [2.24, 2.45) is 0 Å². The third-order valence-corrected chi connectivity index (χ3v) is 2.89. The van der Waals surface area contributed by atoms with Crippen LogP contribution < -0.4 is 10.6 Å². The molecule has 0 radical (unpaired) electrons. The van der Waals surface area contributed by atoms with Gasteiger partial charge in [-0.2, -0.15) is 0 Å². The lowest BCUT2D eigenvalue weighted by Crippen LogP contribution is -2.42. The molecule has 2 saturated heterocycles. The van der Waals surface area contributed by atoms with Gasteiger partial charge in [-0.1, -0.05) is 0 Å². The van der Waals surface area contributed by atoms with Crippen LogP contribution in [0, 0.1) is 0 Å². The van der Waals surface area contributed by atoms with Gasteiger partial charge in [-0.3, -0.25) is 0 Å². The van der Waals surface area contributed by atoms with Gasteiger partial charge >= 0.3 is 0 Å². The van der Waals surface area contributed by atoms with Gasteiger partial charge in [0.25, 0.3) is 0 Å². The van der Waals surface area contributed by atoms with Crippen molar-refractivity contribution in [3.8, 4) is 0 Å². The fourth-order valence-corrected chi connectivity index (χ4v) is 2.05. The van der Waals surface area contributed by atoms with Gasteiger partial charge in [0, 0.05) is 25.2 Å². The van der Waals surface area contributed by atoms with E-state index in [-0.39, 0.29) is 0 Å². The molecule has 12 heavy (non-hydrogen) atoms. The Kier molecular flexibility index (Phi) is 2.63. The highest BCUT2D eigenvalue weighted by atomic mass is 16.5. The molecule has 3 atom stereocenters. The first-order valence-corrected chi connectivity index (χ1v) is 4.94. The number of rotatable bonds is 2. The molecule has 0 saturated carbocycles. The van der Waals surface area contributed by atoms with E-state index in [2.05, 4.69) is 17.6 Å². The maximum Gasteiger partial charge on any atom is 0.0700 e. The van der Waals surface area contributed by atoms with Crippen LogP contribution in [0.15, 0.2) is 0 Å². The molecule has 2 N–H and O–H groups in total. The van der Waals surface area contributed by atoms with E-state index in [0.29, 0.717) is 18.2 Å². The van der Waals surface area contributed by atoms with Gasteiger partial charge < -0.3 is 15.4 Å². The lowest BCUT2D eigenvalue weighted by Gasteiger charge is -2.20. The normalized spacial score (nSPS) is 42.2. The molecule has 2 aliphatic heterocycles. The van der Waals surface area contributed by atoms with E-state index >= 15 is 0 Å². The molecule has 2 fully saturated rings. The van der Waals surface area contributed by atoms with Crippen molar-refractivity contribution in [1.29, 1.82) is 0 Å². The zero-order valence-corrected chi connectivity index (χ0v) is 7.68. The van der Waals surface area contributed by atoms with E-state index < -0.39 is 0 Å². The summed E-state index contributed by atoms with van der Waals surface area (Å²) in [5.41, 5.74) is 0. The maximum atomic E-state index is 5.49. The minimum Gasteiger partial charge on any atom is -0.377 e. The number of hydrogen-bond acceptors (Lipinski definition) is 3. The minimum absolute atomic E-state index is 0.408. The van der Waals surface area contributed by atoms with Crippen molar-refractivity contribution < 1.29 is 4.74 Å². The fourth-order valence-electron chi connectivity index (χ4n) is 2.05. The van der Waals surface area contributed by atoms with Crippen LogP contribution in [0.5, 0.6) is 0 Å². The van der Waals surface area contributed by atoms with E-state index in [0.717, 1.165) is 13.2 Å². The minimum atomic E-state index is 0.408. The van der Waals surface area contributed by atoms with Gasteiger partial charge in [0.15, 0.2) is 0 Å². The van der Waals surface area contributed by atoms with Gasteiger partial charge in [-0.05, 0) is 26.3 Å². The summed E-state index contributed by atoms with van der Waals surface area (Å²) in [6.45, 7) is 5.38. The van der Waals surface area contributed by atoms with Gasteiger partial charge in [0.1, 0.15) is 0 Å². The van der Waals surface area contributed by atoms with Crippen LogP contribution in [0.4, 0.5) is 0 Å². The van der Waals surface area contributed by atoms with Crippen molar-refractivity contribution in [2.45, 2.75) is 38.0 Å². The third kappa shape index (κ3) is 1.79. The molecule has 0 spiro atoms. The summed E-state index contributed by atoms with van der Waals surface area (Å²) in [6, 6.07) is 1.27. The second-order valence-corrected chi connectivity index (χ2v) is 3.83. The first-order valence-electron chi connectivity index (χ1n) is 4.94. The first-order chi connectivity index (χ1) is 5.86. The molecular formula is C9H18N2O. The van der Waals surface area contributed by atoms with Crippen LogP contribution in [-0.4, -0.2) is 37.9 Å². The van der Waals surface area contributed by atoms with Crippen LogP contribution in [0.3, 0.4) is 0 Å². The summed E-state index contributed by atoms with van der Waals surface area (Å²) in [5, 5.41) is 7.00. The summed E-state index contributed by atoms with van der Waals surface area (Å²) in [7, 11) is 0. The number of hydrogen-bond donors (Lipinski definition) is 2. The van der Waals surface area contributed by atoms with Crippen molar-refractivity contribution in [1.82, 2.24) is 10.6 Å². The van der Waals surface area contributed by atoms with Gasteiger partial charge in [-0.15, -0.1) is 0 Å². The molecule has 0 aliphatic carbocycles. The number of nitrogens with one attached hydrogen (secondary N) is 2. The summed E-state index contributed by atoms with van der Waals surface area (Å²) >= 11 is 0. The Morgan fingerprint density at radius 1 is 1.42 bits per heavy atom. The van der Waals surface area contributed by atoms with E-state index in [9.17, 15) is 0 Å². The van der Waals surface area contributed by atoms with Gasteiger partial charge in [0.2, 0.25) is 0 Å². The van der Waals surface area contributed by atoms with E-state index in [1.807, 2.05) is 0 Å². The second kappa shape index (κ2) is 3.73. The van der Waals surface area contributed by atoms with Gasteiger partial charge in [-0.25, -0.2) is 0 Å². The standard InChI is InChI=1S/C9H18N2O/c1-7-9(3-5-12-7)11-8-2-4-10-6-8/h7-11H,2-6H2,1H3. The summed E-state index contributed by atoms with van der Waals surface area (Å²) in [6.07, 6.45) is 2.85. The van der Waals surface area contributed by atoms with E-state index in [4.69, 9.17) is 4.74 Å². The Morgan fingerprint density at radius 3 is 2.92 bits per heavy atom. The lowest BCUT2D eigenvalue weighted by atomic mass is 10.1. The Balaban J connectivity index is 1.77. The molecule has 70 valence electrons. The molecule has 3 unspecified atom stereocenters. The van der Waals surface area contributed by atoms with Crippen LogP contribution in [0.25, 0.3) is 0 Å². The molecule has 2 heterocycles. The Morgan fingerprint density at radius 2 is 2.33 bits per heavy atom. The average molecular weight is 170 g/mol. The van der Waals surface area contributed by atoms with Crippen LogP contribution >= 0.6 is 0 Å². The molecule has 0 amide bonds. The highest BCUT2D eigenvalue weighted by Gasteiger charge is 2.27. The molecule has 3 nitrogen and oxygen atoms in total. The van der Waals surface area contributed by atoms with Crippen LogP contribution in [0.2, 0.25) is 0 Å². The second-order valence-electron chi connectivity index (χ2n) is 3.83. The SMILES string of the molecule is CC1OCCC1NC1CCNC1. The monoisotopic (exact) mass is 170 g/mol. The highest BCUT2D eigenvalue weighted by molar-refractivity contribution is 4.86. The van der Waals surface area contributed by atoms with Crippen LogP contribution in [-0.2, 0) is 4.74 Å². The smallest absolute Gasteiger partial charge is 0.0700 e. The first kappa shape index (κ1) is 8.48. The Bertz CT molecular complexity index is 145. The van der Waals surface area contributed by atoms with Crippen LogP contribution in [0.1, 0.15) is 19.8 Å². The van der Waals surface area contributed by atoms with Crippen molar-refractivity contribution >= 4 is 0 Å². The maximum absolute atomic E-state index is 5.49. The van der Waals surface area contributed by atoms with E-state index in [1.165, 1.54) is 19.4 Å². The molecule has 0 aromatic heterocycles. The van der Waals surface area contributed by atoms with E-state index in [1.54, 1.807) is 0 Å².